The fourth-order valence-corrected chi connectivity index (χ4v) is 1.89. The first kappa shape index (κ1) is 12.0. The predicted molar refractivity (Wildman–Crippen MR) is 71.4 cm³/mol. The molecule has 1 unspecified atom stereocenters. The first-order chi connectivity index (χ1) is 8.19. The molecule has 1 aromatic carbocycles. The second-order valence-electron chi connectivity index (χ2n) is 3.74. The molecule has 0 saturated heterocycles. The average molecular weight is 296 g/mol. The molecule has 0 bridgehead atoms. The van der Waals surface area contributed by atoms with Gasteiger partial charge < -0.3 is 14.5 Å². The van der Waals surface area contributed by atoms with Crippen LogP contribution < -0.4 is 10.1 Å². The van der Waals surface area contributed by atoms with E-state index in [1.165, 1.54) is 0 Å². The molecule has 0 aliphatic carbocycles. The molecule has 0 fully saturated rings. The lowest BCUT2D eigenvalue weighted by Gasteiger charge is -2.13. The molecule has 0 aliphatic rings. The minimum Gasteiger partial charge on any atom is -0.497 e. The van der Waals surface area contributed by atoms with Crippen molar-refractivity contribution in [3.63, 3.8) is 0 Å². The summed E-state index contributed by atoms with van der Waals surface area (Å²) in [6.45, 7) is 2.05. The topological polar surface area (TPSA) is 34.4 Å². The Bertz CT molecular complexity index is 478. The highest BCUT2D eigenvalue weighted by Crippen LogP contribution is 2.24. The molecule has 0 saturated carbocycles. The molecule has 0 aliphatic heterocycles. The molecule has 0 amide bonds. The molecule has 2 aromatic rings. The number of hydrogen-bond acceptors (Lipinski definition) is 3. The van der Waals surface area contributed by atoms with Gasteiger partial charge in [0.25, 0.3) is 0 Å². The van der Waals surface area contributed by atoms with Crippen molar-refractivity contribution in [3.05, 3.63) is 46.8 Å². The molecule has 1 aromatic heterocycles. The molecular weight excluding hydrogens is 282 g/mol. The number of furan rings is 1. The van der Waals surface area contributed by atoms with Crippen LogP contribution in [0.4, 0.5) is 5.69 Å². The SMILES string of the molecule is COc1ccc(NC(C)c2ccc(Br)o2)cc1. The van der Waals surface area contributed by atoms with E-state index in [1.807, 2.05) is 36.4 Å². The number of halogens is 1. The normalized spacial score (nSPS) is 12.2. The number of anilines is 1. The highest BCUT2D eigenvalue weighted by atomic mass is 79.9. The second-order valence-corrected chi connectivity index (χ2v) is 4.52. The lowest BCUT2D eigenvalue weighted by atomic mass is 10.2. The highest BCUT2D eigenvalue weighted by molar-refractivity contribution is 9.10. The van der Waals surface area contributed by atoms with Crippen molar-refractivity contribution in [2.75, 3.05) is 12.4 Å². The monoisotopic (exact) mass is 295 g/mol. The van der Waals surface area contributed by atoms with Crippen LogP contribution in [0.5, 0.6) is 5.75 Å². The van der Waals surface area contributed by atoms with Gasteiger partial charge in [-0.2, -0.15) is 0 Å². The van der Waals surface area contributed by atoms with E-state index in [4.69, 9.17) is 9.15 Å². The van der Waals surface area contributed by atoms with Gasteiger partial charge in [0, 0.05) is 5.69 Å². The quantitative estimate of drug-likeness (QED) is 0.917. The maximum Gasteiger partial charge on any atom is 0.169 e. The summed E-state index contributed by atoms with van der Waals surface area (Å²) in [5.41, 5.74) is 1.03. The van der Waals surface area contributed by atoms with E-state index >= 15 is 0 Å². The Labute approximate surface area is 109 Å². The minimum atomic E-state index is 0.120. The Morgan fingerprint density at radius 3 is 2.41 bits per heavy atom. The van der Waals surface area contributed by atoms with Gasteiger partial charge in [0.2, 0.25) is 0 Å². The number of rotatable bonds is 4. The summed E-state index contributed by atoms with van der Waals surface area (Å²) >= 11 is 3.29. The third-order valence-corrected chi connectivity index (χ3v) is 2.92. The van der Waals surface area contributed by atoms with Gasteiger partial charge in [-0.3, -0.25) is 0 Å². The molecular formula is C13H14BrNO2. The van der Waals surface area contributed by atoms with Gasteiger partial charge in [0.15, 0.2) is 4.67 Å². The van der Waals surface area contributed by atoms with E-state index in [1.54, 1.807) is 7.11 Å². The Morgan fingerprint density at radius 2 is 1.88 bits per heavy atom. The van der Waals surface area contributed by atoms with Crippen molar-refractivity contribution in [2.24, 2.45) is 0 Å². The first-order valence-corrected chi connectivity index (χ1v) is 6.14. The largest absolute Gasteiger partial charge is 0.497 e. The number of methoxy groups -OCH3 is 1. The first-order valence-electron chi connectivity index (χ1n) is 5.35. The van der Waals surface area contributed by atoms with Crippen molar-refractivity contribution < 1.29 is 9.15 Å². The van der Waals surface area contributed by atoms with E-state index in [2.05, 4.69) is 28.2 Å². The van der Waals surface area contributed by atoms with Crippen molar-refractivity contribution >= 4 is 21.6 Å². The molecule has 4 heteroatoms. The van der Waals surface area contributed by atoms with Crippen LogP contribution in [-0.2, 0) is 0 Å². The number of nitrogens with one attached hydrogen (secondary N) is 1. The predicted octanol–water partition coefficient (Wildman–Crippen LogP) is 4.22. The minimum absolute atomic E-state index is 0.120. The van der Waals surface area contributed by atoms with Gasteiger partial charge in [-0.15, -0.1) is 0 Å². The van der Waals surface area contributed by atoms with Crippen molar-refractivity contribution in [3.8, 4) is 5.75 Å². The molecule has 3 nitrogen and oxygen atoms in total. The van der Waals surface area contributed by atoms with Crippen LogP contribution in [0, 0.1) is 0 Å². The smallest absolute Gasteiger partial charge is 0.169 e. The molecule has 0 spiro atoms. The van der Waals surface area contributed by atoms with E-state index in [-0.39, 0.29) is 6.04 Å². The van der Waals surface area contributed by atoms with Crippen LogP contribution in [0.15, 0.2) is 45.5 Å². The molecule has 1 heterocycles. The van der Waals surface area contributed by atoms with Gasteiger partial charge in [-0.1, -0.05) is 0 Å². The Morgan fingerprint density at radius 1 is 1.18 bits per heavy atom. The average Bonchev–Trinajstić information content (AvgIpc) is 2.77. The van der Waals surface area contributed by atoms with E-state index in [0.717, 1.165) is 21.9 Å². The van der Waals surface area contributed by atoms with Crippen LogP contribution in [0.2, 0.25) is 0 Å². The zero-order valence-corrected chi connectivity index (χ0v) is 11.3. The maximum absolute atomic E-state index is 5.49. The Hall–Kier alpha value is -1.42. The van der Waals surface area contributed by atoms with Crippen molar-refractivity contribution in [1.82, 2.24) is 0 Å². The van der Waals surface area contributed by atoms with E-state index in [0.29, 0.717) is 0 Å². The molecule has 90 valence electrons. The summed E-state index contributed by atoms with van der Waals surface area (Å²) in [5, 5.41) is 3.35. The van der Waals surface area contributed by atoms with Gasteiger partial charge in [-0.05, 0) is 59.3 Å². The summed E-state index contributed by atoms with van der Waals surface area (Å²) in [5.74, 6) is 1.75. The highest BCUT2D eigenvalue weighted by Gasteiger charge is 2.09. The Kier molecular flexibility index (Phi) is 3.74. The van der Waals surface area contributed by atoms with Crippen LogP contribution in [-0.4, -0.2) is 7.11 Å². The van der Waals surface area contributed by atoms with Crippen LogP contribution in [0.3, 0.4) is 0 Å². The van der Waals surface area contributed by atoms with Gasteiger partial charge in [0.05, 0.1) is 13.2 Å². The van der Waals surface area contributed by atoms with E-state index in [9.17, 15) is 0 Å². The third-order valence-electron chi connectivity index (χ3n) is 2.49. The van der Waals surface area contributed by atoms with Crippen molar-refractivity contribution in [2.45, 2.75) is 13.0 Å². The summed E-state index contributed by atoms with van der Waals surface area (Å²) < 4.78 is 11.3. The summed E-state index contributed by atoms with van der Waals surface area (Å²) in [6, 6.07) is 11.8. The van der Waals surface area contributed by atoms with Crippen LogP contribution in [0.25, 0.3) is 0 Å². The fraction of sp³-hybridized carbons (Fsp3) is 0.231. The molecule has 2 rings (SSSR count). The van der Waals surface area contributed by atoms with Crippen molar-refractivity contribution in [1.29, 1.82) is 0 Å². The van der Waals surface area contributed by atoms with Gasteiger partial charge in [0.1, 0.15) is 11.5 Å². The third kappa shape index (κ3) is 3.03. The molecule has 1 N–H and O–H groups in total. The number of benzene rings is 1. The second kappa shape index (κ2) is 5.27. The van der Waals surface area contributed by atoms with E-state index < -0.39 is 0 Å². The molecule has 17 heavy (non-hydrogen) atoms. The van der Waals surface area contributed by atoms with Gasteiger partial charge in [-0.25, -0.2) is 0 Å². The molecule has 0 radical (unpaired) electrons. The van der Waals surface area contributed by atoms with Gasteiger partial charge >= 0.3 is 0 Å². The zero-order chi connectivity index (χ0) is 12.3. The van der Waals surface area contributed by atoms with Crippen LogP contribution in [0.1, 0.15) is 18.7 Å². The summed E-state index contributed by atoms with van der Waals surface area (Å²) in [6.07, 6.45) is 0. The summed E-state index contributed by atoms with van der Waals surface area (Å²) in [4.78, 5) is 0. The number of ether oxygens (including phenoxy) is 1. The molecule has 1 atom stereocenters. The van der Waals surface area contributed by atoms with Crippen LogP contribution >= 0.6 is 15.9 Å². The maximum atomic E-state index is 5.49. The fourth-order valence-electron chi connectivity index (χ4n) is 1.57. The lowest BCUT2D eigenvalue weighted by molar-refractivity contribution is 0.415. The lowest BCUT2D eigenvalue weighted by Crippen LogP contribution is -2.05. The standard InChI is InChI=1S/C13H14BrNO2/c1-9(12-7-8-13(14)17-12)15-10-3-5-11(16-2)6-4-10/h3-9,15H,1-2H3. The zero-order valence-electron chi connectivity index (χ0n) is 9.74. The number of hydrogen-bond donors (Lipinski definition) is 1. The Balaban J connectivity index is 2.04. The summed E-state index contributed by atoms with van der Waals surface area (Å²) in [7, 11) is 1.66.